The summed E-state index contributed by atoms with van der Waals surface area (Å²) in [4.78, 5) is 29.6. The fourth-order valence-corrected chi connectivity index (χ4v) is 3.70. The molecule has 3 aromatic heterocycles. The first-order valence-electron chi connectivity index (χ1n) is 9.58. The van der Waals surface area contributed by atoms with Crippen molar-refractivity contribution in [2.24, 2.45) is 0 Å². The topological polar surface area (TPSA) is 61.3 Å². The number of hydrogen-bond donors (Lipinski definition) is 0. The SMILES string of the molecule is Cc1cn(-c2cn3c(=O)cccc3c(=O)n2CCc2cccc(C(F)(F)F)c2C)cn1. The van der Waals surface area contributed by atoms with Gasteiger partial charge in [-0.3, -0.25) is 23.1 Å². The third-order valence-corrected chi connectivity index (χ3v) is 5.31. The van der Waals surface area contributed by atoms with Crippen molar-refractivity contribution in [1.29, 1.82) is 0 Å². The van der Waals surface area contributed by atoms with E-state index in [0.717, 1.165) is 6.07 Å². The average molecular weight is 428 g/mol. The molecule has 0 atom stereocenters. The van der Waals surface area contributed by atoms with Crippen molar-refractivity contribution >= 4 is 5.52 Å². The average Bonchev–Trinajstić information content (AvgIpc) is 3.14. The fourth-order valence-electron chi connectivity index (χ4n) is 3.70. The van der Waals surface area contributed by atoms with Crippen LogP contribution >= 0.6 is 0 Å². The van der Waals surface area contributed by atoms with E-state index in [1.54, 1.807) is 36.0 Å². The van der Waals surface area contributed by atoms with E-state index in [0.29, 0.717) is 17.1 Å². The van der Waals surface area contributed by atoms with Gasteiger partial charge in [-0.15, -0.1) is 0 Å². The Labute approximate surface area is 174 Å². The van der Waals surface area contributed by atoms with Gasteiger partial charge in [-0.05, 0) is 43.5 Å². The number of halogens is 3. The van der Waals surface area contributed by atoms with Gasteiger partial charge in [0, 0.05) is 18.8 Å². The Hall–Kier alpha value is -3.62. The quantitative estimate of drug-likeness (QED) is 0.500. The Kier molecular flexibility index (Phi) is 5.04. The summed E-state index contributed by atoms with van der Waals surface area (Å²) < 4.78 is 44.1. The van der Waals surface area contributed by atoms with Gasteiger partial charge in [-0.25, -0.2) is 4.98 Å². The minimum atomic E-state index is -4.44. The summed E-state index contributed by atoms with van der Waals surface area (Å²) in [6.45, 7) is 3.35. The van der Waals surface area contributed by atoms with Crippen LogP contribution < -0.4 is 11.1 Å². The van der Waals surface area contributed by atoms with Crippen molar-refractivity contribution in [2.45, 2.75) is 33.0 Å². The van der Waals surface area contributed by atoms with E-state index >= 15 is 0 Å². The monoisotopic (exact) mass is 428 g/mol. The third-order valence-electron chi connectivity index (χ3n) is 5.31. The zero-order valence-corrected chi connectivity index (χ0v) is 16.8. The van der Waals surface area contributed by atoms with Gasteiger partial charge in [0.05, 0.1) is 17.5 Å². The maximum absolute atomic E-state index is 13.3. The van der Waals surface area contributed by atoms with E-state index in [1.165, 1.54) is 40.4 Å². The molecule has 0 fully saturated rings. The van der Waals surface area contributed by atoms with Crippen molar-refractivity contribution in [3.05, 3.63) is 98.2 Å². The molecule has 0 saturated carbocycles. The molecule has 0 N–H and O–H groups in total. The van der Waals surface area contributed by atoms with Crippen LogP contribution in [0.4, 0.5) is 13.2 Å². The summed E-state index contributed by atoms with van der Waals surface area (Å²) in [6, 6.07) is 8.44. The van der Waals surface area contributed by atoms with Gasteiger partial charge in [0.1, 0.15) is 17.7 Å². The van der Waals surface area contributed by atoms with Gasteiger partial charge < -0.3 is 0 Å². The molecule has 6 nitrogen and oxygen atoms in total. The van der Waals surface area contributed by atoms with Gasteiger partial charge in [0.2, 0.25) is 0 Å². The van der Waals surface area contributed by atoms with Crippen molar-refractivity contribution in [1.82, 2.24) is 18.5 Å². The number of imidazole rings is 1. The van der Waals surface area contributed by atoms with Crippen LogP contribution in [0.3, 0.4) is 0 Å². The molecule has 0 aliphatic heterocycles. The van der Waals surface area contributed by atoms with Crippen LogP contribution in [0.15, 0.2) is 64.7 Å². The molecule has 4 rings (SSSR count). The van der Waals surface area contributed by atoms with E-state index < -0.39 is 17.3 Å². The van der Waals surface area contributed by atoms with E-state index in [4.69, 9.17) is 0 Å². The number of aryl methyl sites for hydroxylation is 2. The highest BCUT2D eigenvalue weighted by Crippen LogP contribution is 2.33. The van der Waals surface area contributed by atoms with Gasteiger partial charge in [0.25, 0.3) is 11.1 Å². The molecule has 1 aromatic carbocycles. The highest BCUT2D eigenvalue weighted by atomic mass is 19.4. The summed E-state index contributed by atoms with van der Waals surface area (Å²) in [5.41, 5.74) is 0.0922. The molecule has 0 aliphatic carbocycles. The highest BCUT2D eigenvalue weighted by Gasteiger charge is 2.32. The Bertz CT molecular complexity index is 1400. The zero-order chi connectivity index (χ0) is 22.3. The molecule has 160 valence electrons. The molecule has 31 heavy (non-hydrogen) atoms. The lowest BCUT2D eigenvalue weighted by Gasteiger charge is -2.17. The first kappa shape index (κ1) is 20.6. The Morgan fingerprint density at radius 2 is 1.74 bits per heavy atom. The van der Waals surface area contributed by atoms with Gasteiger partial charge in [-0.1, -0.05) is 18.2 Å². The molecular formula is C22H19F3N4O2. The second-order valence-corrected chi connectivity index (χ2v) is 7.32. The van der Waals surface area contributed by atoms with Crippen LogP contribution in [0.2, 0.25) is 0 Å². The molecular weight excluding hydrogens is 409 g/mol. The first-order valence-corrected chi connectivity index (χ1v) is 9.58. The van der Waals surface area contributed by atoms with E-state index in [-0.39, 0.29) is 29.6 Å². The number of alkyl halides is 3. The van der Waals surface area contributed by atoms with Gasteiger partial charge in [0.15, 0.2) is 0 Å². The van der Waals surface area contributed by atoms with E-state index in [1.807, 2.05) is 0 Å². The van der Waals surface area contributed by atoms with Crippen LogP contribution in [0.25, 0.3) is 11.3 Å². The maximum atomic E-state index is 13.3. The van der Waals surface area contributed by atoms with Crippen molar-refractivity contribution in [3.8, 4) is 5.82 Å². The predicted octanol–water partition coefficient (Wildman–Crippen LogP) is 3.53. The van der Waals surface area contributed by atoms with E-state index in [9.17, 15) is 22.8 Å². The molecule has 0 spiro atoms. The molecule has 0 unspecified atom stereocenters. The number of fused-ring (bicyclic) bond motifs is 1. The lowest BCUT2D eigenvalue weighted by Crippen LogP contribution is -2.30. The van der Waals surface area contributed by atoms with Gasteiger partial charge >= 0.3 is 6.18 Å². The number of nitrogens with zero attached hydrogens (tertiary/aromatic N) is 4. The minimum absolute atomic E-state index is 0.132. The van der Waals surface area contributed by atoms with Crippen LogP contribution in [0.1, 0.15) is 22.4 Å². The lowest BCUT2D eigenvalue weighted by molar-refractivity contribution is -0.138. The Morgan fingerprint density at radius 1 is 1.00 bits per heavy atom. The van der Waals surface area contributed by atoms with E-state index in [2.05, 4.69) is 4.98 Å². The molecule has 0 aliphatic rings. The zero-order valence-electron chi connectivity index (χ0n) is 16.8. The molecule has 0 radical (unpaired) electrons. The second-order valence-electron chi connectivity index (χ2n) is 7.32. The van der Waals surface area contributed by atoms with Crippen LogP contribution in [0, 0.1) is 13.8 Å². The number of hydrogen-bond acceptors (Lipinski definition) is 3. The minimum Gasteiger partial charge on any atom is -0.291 e. The number of pyridine rings is 1. The van der Waals surface area contributed by atoms with Crippen molar-refractivity contribution < 1.29 is 13.2 Å². The molecule has 0 saturated heterocycles. The molecule has 3 heterocycles. The second kappa shape index (κ2) is 7.57. The third kappa shape index (κ3) is 3.78. The Morgan fingerprint density at radius 3 is 2.42 bits per heavy atom. The van der Waals surface area contributed by atoms with Crippen molar-refractivity contribution in [3.63, 3.8) is 0 Å². The summed E-state index contributed by atoms with van der Waals surface area (Å²) in [6.07, 6.45) is 0.542. The first-order chi connectivity index (χ1) is 14.7. The molecule has 9 heteroatoms. The van der Waals surface area contributed by atoms with Crippen molar-refractivity contribution in [2.75, 3.05) is 0 Å². The largest absolute Gasteiger partial charge is 0.416 e. The number of rotatable bonds is 4. The number of benzene rings is 1. The lowest BCUT2D eigenvalue weighted by atomic mass is 9.99. The molecule has 4 aromatic rings. The van der Waals surface area contributed by atoms with Gasteiger partial charge in [-0.2, -0.15) is 13.2 Å². The molecule has 0 amide bonds. The smallest absolute Gasteiger partial charge is 0.291 e. The highest BCUT2D eigenvalue weighted by molar-refractivity contribution is 5.47. The van der Waals surface area contributed by atoms with Crippen LogP contribution in [-0.4, -0.2) is 18.5 Å². The normalized spacial score (nSPS) is 11.9. The summed E-state index contributed by atoms with van der Waals surface area (Å²) in [5.74, 6) is 0.399. The fraction of sp³-hybridized carbons (Fsp3) is 0.227. The summed E-state index contributed by atoms with van der Waals surface area (Å²) in [5, 5.41) is 0. The predicted molar refractivity (Wildman–Crippen MR) is 110 cm³/mol. The van der Waals surface area contributed by atoms with Crippen LogP contribution in [-0.2, 0) is 19.1 Å². The standard InChI is InChI=1S/C22H19F3N4O2/c1-14-11-27(13-26-14)19-12-29-18(7-4-8-20(29)30)21(31)28(19)10-9-16-5-3-6-17(15(16)2)22(23,24)25/h3-8,11-13H,9-10H2,1-2H3. The number of aromatic nitrogens is 4. The maximum Gasteiger partial charge on any atom is 0.416 e. The summed E-state index contributed by atoms with van der Waals surface area (Å²) >= 11 is 0. The molecule has 0 bridgehead atoms. The summed E-state index contributed by atoms with van der Waals surface area (Å²) in [7, 11) is 0. The Balaban J connectivity index is 1.84. The van der Waals surface area contributed by atoms with Crippen LogP contribution in [0.5, 0.6) is 0 Å².